The van der Waals surface area contributed by atoms with Gasteiger partial charge in [0, 0.05) is 17.2 Å². The van der Waals surface area contributed by atoms with E-state index in [4.69, 9.17) is 21.4 Å². The van der Waals surface area contributed by atoms with E-state index < -0.39 is 17.8 Å². The summed E-state index contributed by atoms with van der Waals surface area (Å²) in [5.74, 6) is -2.19. The molecular formula is C12H11ClN2O5. The second kappa shape index (κ2) is 7.80. The molecular weight excluding hydrogens is 288 g/mol. The Hall–Kier alpha value is -2.54. The molecule has 2 amide bonds. The first-order valence-electron chi connectivity index (χ1n) is 5.35. The molecule has 1 rings (SSSR count). The lowest BCUT2D eigenvalue weighted by molar-refractivity contribution is -0.131. The molecule has 0 spiro atoms. The molecule has 20 heavy (non-hydrogen) atoms. The van der Waals surface area contributed by atoms with Gasteiger partial charge in [-0.3, -0.25) is 20.4 Å². The topological polar surface area (TPSA) is 105 Å². The third kappa shape index (κ3) is 6.41. The van der Waals surface area contributed by atoms with E-state index in [0.717, 1.165) is 6.08 Å². The molecule has 0 radical (unpaired) electrons. The summed E-state index contributed by atoms with van der Waals surface area (Å²) in [6, 6.07) is 6.38. The first kappa shape index (κ1) is 15.5. The molecule has 0 unspecified atom stereocenters. The van der Waals surface area contributed by atoms with Gasteiger partial charge in [-0.15, -0.1) is 0 Å². The fourth-order valence-electron chi connectivity index (χ4n) is 1.04. The van der Waals surface area contributed by atoms with E-state index in [1.807, 2.05) is 5.43 Å². The Balaban J connectivity index is 2.28. The largest absolute Gasteiger partial charge is 0.484 e. The predicted octanol–water partition coefficient (Wildman–Crippen LogP) is 0.507. The van der Waals surface area contributed by atoms with Crippen LogP contribution in [0.3, 0.4) is 0 Å². The molecule has 0 aliphatic heterocycles. The van der Waals surface area contributed by atoms with E-state index in [0.29, 0.717) is 16.8 Å². The highest BCUT2D eigenvalue weighted by Gasteiger charge is 2.04. The number of amides is 2. The standard InChI is InChI=1S/C12H11ClN2O5/c13-8-1-3-9(4-2-8)20-7-11(17)15-14-10(16)5-6-12(18)19/h1-6H,7H2,(H,14,16)(H,15,17)(H,18,19). The zero-order valence-corrected chi connectivity index (χ0v) is 10.9. The highest BCUT2D eigenvalue weighted by Crippen LogP contribution is 2.15. The molecule has 3 N–H and O–H groups in total. The van der Waals surface area contributed by atoms with E-state index in [9.17, 15) is 14.4 Å². The van der Waals surface area contributed by atoms with E-state index in [2.05, 4.69) is 5.43 Å². The maximum absolute atomic E-state index is 11.3. The van der Waals surface area contributed by atoms with Crippen LogP contribution in [0.25, 0.3) is 0 Å². The molecule has 8 heteroatoms. The summed E-state index contributed by atoms with van der Waals surface area (Å²) in [5, 5.41) is 8.83. The van der Waals surface area contributed by atoms with E-state index in [1.165, 1.54) is 0 Å². The van der Waals surface area contributed by atoms with Crippen molar-refractivity contribution in [1.29, 1.82) is 0 Å². The number of nitrogens with one attached hydrogen (secondary N) is 2. The van der Waals surface area contributed by atoms with Crippen LogP contribution in [-0.2, 0) is 14.4 Å². The van der Waals surface area contributed by atoms with Gasteiger partial charge in [0.2, 0.25) is 0 Å². The van der Waals surface area contributed by atoms with Crippen LogP contribution in [0.5, 0.6) is 5.75 Å². The number of carbonyl (C=O) groups is 3. The number of aliphatic carboxylic acids is 1. The lowest BCUT2D eigenvalue weighted by Crippen LogP contribution is -2.43. The van der Waals surface area contributed by atoms with Gasteiger partial charge < -0.3 is 9.84 Å². The normalized spacial score (nSPS) is 10.1. The van der Waals surface area contributed by atoms with Crippen molar-refractivity contribution in [3.63, 3.8) is 0 Å². The van der Waals surface area contributed by atoms with Crippen molar-refractivity contribution in [2.75, 3.05) is 6.61 Å². The average Bonchev–Trinajstić information content (AvgIpc) is 2.42. The molecule has 0 fully saturated rings. The number of halogens is 1. The number of benzene rings is 1. The number of rotatable bonds is 5. The number of carboxylic acid groups (broad SMARTS) is 1. The number of carbonyl (C=O) groups excluding carboxylic acids is 2. The number of hydrogen-bond donors (Lipinski definition) is 3. The minimum Gasteiger partial charge on any atom is -0.484 e. The zero-order chi connectivity index (χ0) is 15.0. The van der Waals surface area contributed by atoms with Gasteiger partial charge in [-0.05, 0) is 24.3 Å². The summed E-state index contributed by atoms with van der Waals surface area (Å²) in [6.45, 7) is -0.315. The Morgan fingerprint density at radius 2 is 1.80 bits per heavy atom. The molecule has 0 heterocycles. The van der Waals surface area contributed by atoms with Gasteiger partial charge in [0.1, 0.15) is 5.75 Å². The van der Waals surface area contributed by atoms with Crippen molar-refractivity contribution in [3.8, 4) is 5.75 Å². The molecule has 0 saturated heterocycles. The van der Waals surface area contributed by atoms with Crippen LogP contribution < -0.4 is 15.6 Å². The summed E-state index contributed by atoms with van der Waals surface area (Å²) < 4.78 is 5.12. The highest BCUT2D eigenvalue weighted by atomic mass is 35.5. The quantitative estimate of drug-likeness (QED) is 0.542. The van der Waals surface area contributed by atoms with E-state index in [1.54, 1.807) is 24.3 Å². The third-order valence-corrected chi connectivity index (χ3v) is 2.14. The Bertz CT molecular complexity index is 527. The fraction of sp³-hybridized carbons (Fsp3) is 0.0833. The van der Waals surface area contributed by atoms with E-state index in [-0.39, 0.29) is 6.61 Å². The van der Waals surface area contributed by atoms with Gasteiger partial charge in [0.05, 0.1) is 0 Å². The second-order valence-electron chi connectivity index (χ2n) is 3.45. The lowest BCUT2D eigenvalue weighted by Gasteiger charge is -2.07. The van der Waals surface area contributed by atoms with Crippen molar-refractivity contribution >= 4 is 29.4 Å². The molecule has 7 nitrogen and oxygen atoms in total. The SMILES string of the molecule is O=C(O)C=CC(=O)NNC(=O)COc1ccc(Cl)cc1. The molecule has 1 aromatic rings. The van der Waals surface area contributed by atoms with Gasteiger partial charge >= 0.3 is 5.97 Å². The van der Waals surface area contributed by atoms with E-state index >= 15 is 0 Å². The lowest BCUT2D eigenvalue weighted by atomic mass is 10.3. The molecule has 0 bridgehead atoms. The third-order valence-electron chi connectivity index (χ3n) is 1.89. The number of ether oxygens (including phenoxy) is 1. The van der Waals surface area contributed by atoms with Crippen molar-refractivity contribution in [2.45, 2.75) is 0 Å². The molecule has 1 aromatic carbocycles. The summed E-state index contributed by atoms with van der Waals surface area (Å²) >= 11 is 5.68. The maximum atomic E-state index is 11.3. The van der Waals surface area contributed by atoms with Crippen molar-refractivity contribution in [1.82, 2.24) is 10.9 Å². The second-order valence-corrected chi connectivity index (χ2v) is 3.89. The Morgan fingerprint density at radius 3 is 2.40 bits per heavy atom. The van der Waals surface area contributed by atoms with Gasteiger partial charge in [-0.25, -0.2) is 4.79 Å². The average molecular weight is 299 g/mol. The summed E-state index contributed by atoms with van der Waals surface area (Å²) in [4.78, 5) is 32.5. The Labute approximate surface area is 119 Å². The molecule has 0 aromatic heterocycles. The summed E-state index contributed by atoms with van der Waals surface area (Å²) in [7, 11) is 0. The first-order valence-corrected chi connectivity index (χ1v) is 5.73. The van der Waals surface area contributed by atoms with Crippen LogP contribution in [0.4, 0.5) is 0 Å². The smallest absolute Gasteiger partial charge is 0.328 e. The highest BCUT2D eigenvalue weighted by molar-refractivity contribution is 6.30. The number of hydrogen-bond acceptors (Lipinski definition) is 4. The summed E-state index contributed by atoms with van der Waals surface area (Å²) in [5.41, 5.74) is 4.05. The van der Waals surface area contributed by atoms with Crippen LogP contribution in [0.2, 0.25) is 5.02 Å². The molecule has 0 aliphatic rings. The Kier molecular flexibility index (Phi) is 6.05. The Morgan fingerprint density at radius 1 is 1.15 bits per heavy atom. The maximum Gasteiger partial charge on any atom is 0.328 e. The van der Waals surface area contributed by atoms with Gasteiger partial charge in [0.25, 0.3) is 11.8 Å². The van der Waals surface area contributed by atoms with Crippen LogP contribution in [0.1, 0.15) is 0 Å². The molecule has 0 aliphatic carbocycles. The monoisotopic (exact) mass is 298 g/mol. The van der Waals surface area contributed by atoms with Crippen LogP contribution >= 0.6 is 11.6 Å². The fourth-order valence-corrected chi connectivity index (χ4v) is 1.16. The minimum absolute atomic E-state index is 0.315. The summed E-state index contributed by atoms with van der Waals surface area (Å²) in [6.07, 6.45) is 1.41. The van der Waals surface area contributed by atoms with Crippen molar-refractivity contribution in [2.24, 2.45) is 0 Å². The van der Waals surface area contributed by atoms with Crippen molar-refractivity contribution in [3.05, 3.63) is 41.4 Å². The van der Waals surface area contributed by atoms with Gasteiger partial charge in [-0.1, -0.05) is 11.6 Å². The number of hydrazine groups is 1. The first-order chi connectivity index (χ1) is 9.47. The minimum atomic E-state index is -1.27. The van der Waals surface area contributed by atoms with Crippen LogP contribution in [0, 0.1) is 0 Å². The van der Waals surface area contributed by atoms with Crippen LogP contribution in [-0.4, -0.2) is 29.5 Å². The predicted molar refractivity (Wildman–Crippen MR) is 70.0 cm³/mol. The van der Waals surface area contributed by atoms with Gasteiger partial charge in [-0.2, -0.15) is 0 Å². The molecule has 0 saturated carbocycles. The van der Waals surface area contributed by atoms with Crippen LogP contribution in [0.15, 0.2) is 36.4 Å². The molecule has 0 atom stereocenters. The number of carboxylic acids is 1. The molecule has 106 valence electrons. The zero-order valence-electron chi connectivity index (χ0n) is 10.1. The van der Waals surface area contributed by atoms with Crippen molar-refractivity contribution < 1.29 is 24.2 Å². The van der Waals surface area contributed by atoms with Gasteiger partial charge in [0.15, 0.2) is 6.61 Å².